The second kappa shape index (κ2) is 13.8. The van der Waals surface area contributed by atoms with Crippen LogP contribution in [0.25, 0.3) is 11.3 Å². The van der Waals surface area contributed by atoms with Gasteiger partial charge in [0.15, 0.2) is 0 Å². The summed E-state index contributed by atoms with van der Waals surface area (Å²) in [6.45, 7) is 3.27. The lowest BCUT2D eigenvalue weighted by Crippen LogP contribution is -2.57. The molecule has 2 aromatic heterocycles. The summed E-state index contributed by atoms with van der Waals surface area (Å²) in [6.07, 6.45) is 9.95. The number of amides is 2. The van der Waals surface area contributed by atoms with Crippen molar-refractivity contribution in [3.05, 3.63) is 119 Å². The van der Waals surface area contributed by atoms with Crippen molar-refractivity contribution >= 4 is 6.03 Å². The standard InChI is InChI=1S/C38H43FN6O2/c39-31-13-14-33(40-23-31)24-41-32-16-20-45(35(21-32)29-11-5-2-6-12-29)37(47)43-19-15-30(38(26-43)17-7-8-18-38)25-44-27-42-34(22-36(44)46)28-9-3-1-4-10-28/h1-6,9-14,22-23,27,30,32,35,41H,7-8,15-21,24-26H2/t30-,32+,35-/m0/s1. The molecule has 1 saturated carbocycles. The third-order valence-corrected chi connectivity index (χ3v) is 10.7. The second-order valence-corrected chi connectivity index (χ2v) is 13.6. The van der Waals surface area contributed by atoms with Crippen molar-refractivity contribution in [2.45, 2.75) is 70.1 Å². The number of aromatic nitrogens is 3. The fourth-order valence-electron chi connectivity index (χ4n) is 8.18. The third kappa shape index (κ3) is 6.86. The van der Waals surface area contributed by atoms with Gasteiger partial charge in [-0.1, -0.05) is 73.5 Å². The molecule has 8 nitrogen and oxygen atoms in total. The fourth-order valence-corrected chi connectivity index (χ4v) is 8.18. The molecular weight excluding hydrogens is 591 g/mol. The molecule has 4 heterocycles. The molecule has 1 spiro atoms. The van der Waals surface area contributed by atoms with Crippen LogP contribution >= 0.6 is 0 Å². The number of benzene rings is 2. The maximum absolute atomic E-state index is 14.4. The Morgan fingerprint density at radius 1 is 0.936 bits per heavy atom. The molecule has 47 heavy (non-hydrogen) atoms. The molecule has 4 aromatic rings. The van der Waals surface area contributed by atoms with Crippen LogP contribution in [0.15, 0.2) is 96.2 Å². The lowest BCUT2D eigenvalue weighted by molar-refractivity contribution is 0.0206. The van der Waals surface area contributed by atoms with Crippen molar-refractivity contribution in [3.8, 4) is 11.3 Å². The zero-order valence-corrected chi connectivity index (χ0v) is 26.8. The van der Waals surface area contributed by atoms with Gasteiger partial charge in [0.05, 0.1) is 30.0 Å². The predicted molar refractivity (Wildman–Crippen MR) is 180 cm³/mol. The summed E-state index contributed by atoms with van der Waals surface area (Å²) in [4.78, 5) is 40.7. The van der Waals surface area contributed by atoms with E-state index in [2.05, 4.69) is 37.2 Å². The summed E-state index contributed by atoms with van der Waals surface area (Å²) in [5.41, 5.74) is 3.56. The van der Waals surface area contributed by atoms with E-state index in [0.29, 0.717) is 37.8 Å². The number of pyridine rings is 1. The number of carbonyl (C=O) groups excluding carboxylic acids is 1. The molecule has 3 aliphatic rings. The van der Waals surface area contributed by atoms with E-state index in [0.717, 1.165) is 68.3 Å². The maximum Gasteiger partial charge on any atom is 0.320 e. The number of halogens is 1. The van der Waals surface area contributed by atoms with Gasteiger partial charge in [0.2, 0.25) is 0 Å². The van der Waals surface area contributed by atoms with Crippen molar-refractivity contribution in [2.75, 3.05) is 19.6 Å². The molecule has 0 bridgehead atoms. The van der Waals surface area contributed by atoms with Crippen LogP contribution in [0.2, 0.25) is 0 Å². The number of nitrogens with one attached hydrogen (secondary N) is 1. The minimum atomic E-state index is -0.337. The van der Waals surface area contributed by atoms with Crippen LogP contribution in [0, 0.1) is 17.2 Å². The van der Waals surface area contributed by atoms with Gasteiger partial charge >= 0.3 is 6.03 Å². The van der Waals surface area contributed by atoms with E-state index < -0.39 is 0 Å². The number of piperidine rings is 2. The van der Waals surface area contributed by atoms with Gasteiger partial charge in [0.1, 0.15) is 5.82 Å². The zero-order valence-electron chi connectivity index (χ0n) is 26.8. The van der Waals surface area contributed by atoms with E-state index in [1.807, 2.05) is 48.5 Å². The van der Waals surface area contributed by atoms with Crippen molar-refractivity contribution in [1.82, 2.24) is 29.7 Å². The Labute approximate surface area is 275 Å². The van der Waals surface area contributed by atoms with E-state index in [1.54, 1.807) is 23.0 Å². The first-order chi connectivity index (χ1) is 23.0. The SMILES string of the molecule is O=C(N1CC[C@@H](Cn2cnc(-c3ccccc3)cc2=O)C2(CCCC2)C1)N1CC[C@@H](NCc2ccc(F)cn2)C[C@H]1c1ccccc1. The molecule has 2 amide bonds. The van der Waals surface area contributed by atoms with Crippen molar-refractivity contribution < 1.29 is 9.18 Å². The molecule has 3 atom stereocenters. The van der Waals surface area contributed by atoms with Gasteiger partial charge in [-0.05, 0) is 61.1 Å². The molecule has 0 unspecified atom stereocenters. The monoisotopic (exact) mass is 634 g/mol. The van der Waals surface area contributed by atoms with Gasteiger partial charge in [-0.15, -0.1) is 0 Å². The Hall–Kier alpha value is -4.37. The Balaban J connectivity index is 1.05. The summed E-state index contributed by atoms with van der Waals surface area (Å²) in [6, 6.07) is 25.2. The molecule has 2 saturated heterocycles. The van der Waals surface area contributed by atoms with E-state index >= 15 is 0 Å². The second-order valence-electron chi connectivity index (χ2n) is 13.6. The van der Waals surface area contributed by atoms with Gasteiger partial charge in [-0.25, -0.2) is 14.2 Å². The summed E-state index contributed by atoms with van der Waals surface area (Å²) in [5.74, 6) is -0.0207. The highest BCUT2D eigenvalue weighted by Crippen LogP contribution is 2.49. The Morgan fingerprint density at radius 2 is 1.70 bits per heavy atom. The number of rotatable bonds is 7. The van der Waals surface area contributed by atoms with Gasteiger partial charge in [0, 0.05) is 50.4 Å². The molecule has 1 aliphatic carbocycles. The number of hydrogen-bond acceptors (Lipinski definition) is 5. The number of likely N-dealkylation sites (tertiary alicyclic amines) is 2. The Kier molecular flexibility index (Phi) is 9.16. The lowest BCUT2D eigenvalue weighted by Gasteiger charge is -2.49. The van der Waals surface area contributed by atoms with Crippen molar-refractivity contribution in [3.63, 3.8) is 0 Å². The molecule has 244 valence electrons. The van der Waals surface area contributed by atoms with Crippen molar-refractivity contribution in [2.24, 2.45) is 11.3 Å². The normalized spacial score (nSPS) is 22.4. The average Bonchev–Trinajstić information content (AvgIpc) is 3.58. The van der Waals surface area contributed by atoms with Gasteiger partial charge in [0.25, 0.3) is 5.56 Å². The number of nitrogens with zero attached hydrogens (tertiary/aromatic N) is 5. The average molecular weight is 635 g/mol. The lowest BCUT2D eigenvalue weighted by atomic mass is 9.69. The predicted octanol–water partition coefficient (Wildman–Crippen LogP) is 6.44. The molecule has 1 N–H and O–H groups in total. The largest absolute Gasteiger partial charge is 0.324 e. The molecule has 9 heteroatoms. The fraction of sp³-hybridized carbons (Fsp3) is 0.421. The van der Waals surface area contributed by atoms with Gasteiger partial charge < -0.3 is 15.1 Å². The summed E-state index contributed by atoms with van der Waals surface area (Å²) in [5, 5.41) is 3.61. The Morgan fingerprint density at radius 3 is 2.43 bits per heavy atom. The van der Waals surface area contributed by atoms with Gasteiger partial charge in [-0.3, -0.25) is 14.3 Å². The topological polar surface area (TPSA) is 83.4 Å². The number of carbonyl (C=O) groups is 1. The summed E-state index contributed by atoms with van der Waals surface area (Å²) < 4.78 is 15.1. The zero-order chi connectivity index (χ0) is 32.2. The van der Waals surface area contributed by atoms with Crippen LogP contribution in [0.4, 0.5) is 9.18 Å². The van der Waals surface area contributed by atoms with Crippen molar-refractivity contribution in [1.29, 1.82) is 0 Å². The minimum absolute atomic E-state index is 0.00965. The van der Waals surface area contributed by atoms with Crippen LogP contribution in [-0.2, 0) is 13.1 Å². The van der Waals surface area contributed by atoms with Gasteiger partial charge in [-0.2, -0.15) is 0 Å². The first-order valence-electron chi connectivity index (χ1n) is 17.0. The van der Waals surface area contributed by atoms with Crippen LogP contribution < -0.4 is 10.9 Å². The molecule has 7 rings (SSSR count). The van der Waals surface area contributed by atoms with E-state index in [9.17, 15) is 14.0 Å². The van der Waals surface area contributed by atoms with Crippen LogP contribution in [0.5, 0.6) is 0 Å². The first-order valence-corrected chi connectivity index (χ1v) is 17.0. The van der Waals surface area contributed by atoms with Crippen LogP contribution in [0.3, 0.4) is 0 Å². The Bertz CT molecular complexity index is 1710. The van der Waals surface area contributed by atoms with E-state index in [4.69, 9.17) is 0 Å². The maximum atomic E-state index is 14.4. The highest BCUT2D eigenvalue weighted by Gasteiger charge is 2.47. The summed E-state index contributed by atoms with van der Waals surface area (Å²) >= 11 is 0. The minimum Gasteiger partial charge on any atom is -0.324 e. The third-order valence-electron chi connectivity index (χ3n) is 10.7. The first kappa shape index (κ1) is 31.2. The van der Waals surface area contributed by atoms with E-state index in [-0.39, 0.29) is 34.9 Å². The highest BCUT2D eigenvalue weighted by atomic mass is 19.1. The van der Waals surface area contributed by atoms with Crippen LogP contribution in [0.1, 0.15) is 62.2 Å². The van der Waals surface area contributed by atoms with Crippen LogP contribution in [-0.4, -0.2) is 56.0 Å². The molecular formula is C38H43FN6O2. The quantitative estimate of drug-likeness (QED) is 0.253. The van der Waals surface area contributed by atoms with E-state index in [1.165, 1.54) is 12.3 Å². The molecule has 2 aromatic carbocycles. The smallest absolute Gasteiger partial charge is 0.320 e. The number of hydrogen-bond donors (Lipinski definition) is 1. The molecule has 3 fully saturated rings. The summed E-state index contributed by atoms with van der Waals surface area (Å²) in [7, 11) is 0. The number of urea groups is 1. The molecule has 2 aliphatic heterocycles. The highest BCUT2D eigenvalue weighted by molar-refractivity contribution is 5.75. The molecule has 0 radical (unpaired) electrons.